The molecule has 0 bridgehead atoms. The van der Waals surface area contributed by atoms with Crippen LogP contribution in [0.2, 0.25) is 0 Å². The molecule has 0 aliphatic rings. The van der Waals surface area contributed by atoms with Gasteiger partial charge in [-0.25, -0.2) is 0 Å². The molecular weight excluding hydrogens is 310 g/mol. The van der Waals surface area contributed by atoms with Gasteiger partial charge in [-0.1, -0.05) is 0 Å². The van der Waals surface area contributed by atoms with Crippen molar-refractivity contribution in [3.8, 4) is 0 Å². The maximum absolute atomic E-state index is 0. The normalized spacial score (nSPS) is 0. The molecule has 0 N–H and O–H groups in total. The van der Waals surface area contributed by atoms with E-state index in [1.54, 1.807) is 0 Å². The summed E-state index contributed by atoms with van der Waals surface area (Å²) in [6, 6.07) is 0. The van der Waals surface area contributed by atoms with Crippen LogP contribution in [0.3, 0.4) is 0 Å². The van der Waals surface area contributed by atoms with Crippen LogP contribution in [0.25, 0.3) is 0 Å². The number of hydrogen-bond donors (Lipinski definition) is 0. The third-order valence-corrected chi connectivity index (χ3v) is 0. The topological polar surface area (TPSA) is 0 Å². The zero-order chi connectivity index (χ0) is 0. The van der Waals surface area contributed by atoms with E-state index in [2.05, 4.69) is 0 Å². The first-order chi connectivity index (χ1) is 0. The molecule has 0 amide bonds. The second-order valence-electron chi connectivity index (χ2n) is 0. The first kappa shape index (κ1) is 28.4. The van der Waals surface area contributed by atoms with Crippen LogP contribution in [0.5, 0.6) is 0 Å². The van der Waals surface area contributed by atoms with Gasteiger partial charge in [0.1, 0.15) is 0 Å². The van der Waals surface area contributed by atoms with Gasteiger partial charge in [-0.05, 0) is 0 Å². The predicted molar refractivity (Wildman–Crippen MR) is 7.15 cm³/mol. The molecule has 0 atom stereocenters. The summed E-state index contributed by atoms with van der Waals surface area (Å²) in [6.07, 6.45) is 0. The van der Waals surface area contributed by atoms with E-state index in [-0.39, 0.29) is 91.0 Å². The quantitative estimate of drug-likeness (QED) is 0.522. The van der Waals surface area contributed by atoms with E-state index in [9.17, 15) is 0 Å². The zero-order valence-electron chi connectivity index (χ0n) is 1.23. The van der Waals surface area contributed by atoms with Crippen molar-refractivity contribution < 1.29 is 72.1 Å². The monoisotopic (exact) mass is 312 g/mol. The van der Waals surface area contributed by atoms with Gasteiger partial charge in [0, 0.05) is 72.1 Å². The summed E-state index contributed by atoms with van der Waals surface area (Å²) in [5, 5.41) is 0. The van der Waals surface area contributed by atoms with E-state index in [4.69, 9.17) is 0 Å². The summed E-state index contributed by atoms with van der Waals surface area (Å²) in [5.41, 5.74) is 0. The molecule has 0 unspecified atom stereocenters. The van der Waals surface area contributed by atoms with E-state index < -0.39 is 0 Å². The van der Waals surface area contributed by atoms with Gasteiger partial charge in [-0.3, -0.25) is 0 Å². The average Bonchev–Trinajstić information content (AvgIpc) is 0. The minimum atomic E-state index is 0. The third-order valence-electron chi connectivity index (χ3n) is 0. The van der Waals surface area contributed by atoms with Crippen LogP contribution >= 0.6 is 0 Å². The Morgan fingerprint density at radius 2 is 1.00 bits per heavy atom. The Labute approximate surface area is 89.2 Å². The van der Waals surface area contributed by atoms with E-state index in [1.165, 1.54) is 0 Å². The van der Waals surface area contributed by atoms with Crippen molar-refractivity contribution in [2.24, 2.45) is 0 Å². The van der Waals surface area contributed by atoms with Crippen molar-refractivity contribution in [1.82, 2.24) is 0 Å². The molecule has 0 fully saturated rings. The molecule has 0 aliphatic carbocycles. The van der Waals surface area contributed by atoms with E-state index in [0.717, 1.165) is 0 Å². The maximum atomic E-state index is 0. The molecule has 0 heterocycles. The molecule has 0 aromatic rings. The standard InChI is InChI=1S/Cu.La.Li.Ru.H. The molecule has 0 aliphatic heterocycles. The molecule has 0 aromatic heterocycles. The van der Waals surface area contributed by atoms with E-state index in [1.807, 2.05) is 0 Å². The Bertz CT molecular complexity index is 8.00. The average molecular weight is 311 g/mol. The SMILES string of the molecule is [Cu].[La].[LiH].[Ru]. The molecule has 0 aromatic carbocycles. The third kappa shape index (κ3) is 8.87. The summed E-state index contributed by atoms with van der Waals surface area (Å²) in [4.78, 5) is 0. The Balaban J connectivity index is 0. The first-order valence-corrected chi connectivity index (χ1v) is 0. The Morgan fingerprint density at radius 3 is 1.00 bits per heavy atom. The van der Waals surface area contributed by atoms with Gasteiger partial charge < -0.3 is 0 Å². The summed E-state index contributed by atoms with van der Waals surface area (Å²) in [7, 11) is 0. The summed E-state index contributed by atoms with van der Waals surface area (Å²) in [6.45, 7) is 0. The molecule has 0 saturated heterocycles. The van der Waals surface area contributed by atoms with Crippen LogP contribution in [0.4, 0.5) is 0 Å². The Kier molecular flexibility index (Phi) is 119. The minimum absolute atomic E-state index is 0. The largest absolute Gasteiger partial charge is 0 e. The van der Waals surface area contributed by atoms with Crippen molar-refractivity contribution in [1.29, 1.82) is 0 Å². The molecule has 4 heavy (non-hydrogen) atoms. The van der Waals surface area contributed by atoms with Crippen LogP contribution in [-0.2, 0) is 36.5 Å². The fraction of sp³-hybridized carbons (Fsp3) is 0. The van der Waals surface area contributed by atoms with Crippen LogP contribution in [-0.4, -0.2) is 18.9 Å². The maximum Gasteiger partial charge on any atom is 0 e. The van der Waals surface area contributed by atoms with E-state index >= 15 is 0 Å². The fourth-order valence-electron chi connectivity index (χ4n) is 0. The first-order valence-electron chi connectivity index (χ1n) is 0. The van der Waals surface area contributed by atoms with E-state index in [0.29, 0.717) is 0 Å². The van der Waals surface area contributed by atoms with Crippen LogP contribution in [0.15, 0.2) is 0 Å². The molecule has 0 rings (SSSR count). The minimum Gasteiger partial charge on any atom is 0 e. The molecular formula is HCuLaLiRu. The zero-order valence-corrected chi connectivity index (χ0v) is 7.54. The fourth-order valence-corrected chi connectivity index (χ4v) is 0. The molecule has 0 nitrogen and oxygen atoms in total. The van der Waals surface area contributed by atoms with Crippen LogP contribution in [0.1, 0.15) is 0 Å². The van der Waals surface area contributed by atoms with Gasteiger partial charge >= 0.3 is 18.9 Å². The van der Waals surface area contributed by atoms with Gasteiger partial charge in [-0.15, -0.1) is 0 Å². The van der Waals surface area contributed by atoms with Crippen LogP contribution in [0, 0.1) is 35.6 Å². The predicted octanol–water partition coefficient (Wildman–Crippen LogP) is -0.653. The summed E-state index contributed by atoms with van der Waals surface area (Å²) >= 11 is 0. The molecule has 0 spiro atoms. The number of hydrogen-bond acceptors (Lipinski definition) is 0. The van der Waals surface area contributed by atoms with Gasteiger partial charge in [-0.2, -0.15) is 0 Å². The van der Waals surface area contributed by atoms with Gasteiger partial charge in [0.15, 0.2) is 0 Å². The molecule has 2 radical (unpaired) electrons. The van der Waals surface area contributed by atoms with Crippen molar-refractivity contribution in [3.63, 3.8) is 0 Å². The van der Waals surface area contributed by atoms with Crippen molar-refractivity contribution >= 4 is 18.9 Å². The van der Waals surface area contributed by atoms with Gasteiger partial charge in [0.2, 0.25) is 0 Å². The van der Waals surface area contributed by atoms with Crippen LogP contribution < -0.4 is 0 Å². The van der Waals surface area contributed by atoms with Gasteiger partial charge in [0.25, 0.3) is 0 Å². The van der Waals surface area contributed by atoms with Gasteiger partial charge in [0.05, 0.1) is 0 Å². The molecule has 0 saturated carbocycles. The second-order valence-corrected chi connectivity index (χ2v) is 0. The summed E-state index contributed by atoms with van der Waals surface area (Å²) in [5.74, 6) is 0. The Morgan fingerprint density at radius 1 is 1.00 bits per heavy atom. The van der Waals surface area contributed by atoms with Crippen molar-refractivity contribution in [3.05, 3.63) is 0 Å². The van der Waals surface area contributed by atoms with Crippen molar-refractivity contribution in [2.45, 2.75) is 0 Å². The second kappa shape index (κ2) is 16.8. The number of rotatable bonds is 0. The smallest absolute Gasteiger partial charge is 0 e. The molecule has 4 heteroatoms. The Hall–Kier alpha value is 2.94. The molecule has 24 valence electrons. The summed E-state index contributed by atoms with van der Waals surface area (Å²) < 4.78 is 0. The van der Waals surface area contributed by atoms with Crippen molar-refractivity contribution in [2.75, 3.05) is 0 Å².